The normalized spacial score (nSPS) is 11.3. The van der Waals surface area contributed by atoms with Gasteiger partial charge >= 0.3 is 5.97 Å². The van der Waals surface area contributed by atoms with Crippen LogP contribution in [-0.4, -0.2) is 51.3 Å². The van der Waals surface area contributed by atoms with Crippen molar-refractivity contribution in [3.05, 3.63) is 58.1 Å². The van der Waals surface area contributed by atoms with Crippen molar-refractivity contribution in [2.24, 2.45) is 0 Å². The zero-order valence-corrected chi connectivity index (χ0v) is 18.7. The fourth-order valence-corrected chi connectivity index (χ4v) is 4.68. The number of halogens is 1. The molecule has 0 saturated carbocycles. The van der Waals surface area contributed by atoms with E-state index in [9.17, 15) is 18.0 Å². The highest BCUT2D eigenvalue weighted by atomic mass is 79.9. The number of Topliss-reactive ketones (excluding diaryl/α,β-unsaturated/α-hetero) is 1. The van der Waals surface area contributed by atoms with E-state index < -0.39 is 28.4 Å². The number of sulfonamides is 1. The summed E-state index contributed by atoms with van der Waals surface area (Å²) in [6.07, 6.45) is 0. The molecule has 9 heteroatoms. The molecular formula is C20H22BrNO6S. The lowest BCUT2D eigenvalue weighted by molar-refractivity contribution is 0.0474. The Hall–Kier alpha value is -2.23. The molecule has 0 fully saturated rings. The van der Waals surface area contributed by atoms with Gasteiger partial charge in [0.2, 0.25) is 10.0 Å². The first-order valence-corrected chi connectivity index (χ1v) is 11.1. The number of rotatable bonds is 9. The fraction of sp³-hybridized carbons (Fsp3) is 0.300. The number of esters is 1. The topological polar surface area (TPSA) is 90.0 Å². The average molecular weight is 484 g/mol. The molecule has 2 aromatic rings. The van der Waals surface area contributed by atoms with Gasteiger partial charge in [0.15, 0.2) is 12.4 Å². The van der Waals surface area contributed by atoms with Gasteiger partial charge in [-0.15, -0.1) is 0 Å². The van der Waals surface area contributed by atoms with Crippen LogP contribution in [-0.2, 0) is 14.8 Å². The van der Waals surface area contributed by atoms with Crippen LogP contribution in [0.3, 0.4) is 0 Å². The van der Waals surface area contributed by atoms with Crippen molar-refractivity contribution < 1.29 is 27.5 Å². The summed E-state index contributed by atoms with van der Waals surface area (Å²) in [5.41, 5.74) is 0.408. The minimum atomic E-state index is -3.70. The number of ether oxygens (including phenoxy) is 2. The fourth-order valence-electron chi connectivity index (χ4n) is 2.63. The van der Waals surface area contributed by atoms with Gasteiger partial charge in [0.1, 0.15) is 5.75 Å². The van der Waals surface area contributed by atoms with E-state index in [-0.39, 0.29) is 10.5 Å². The predicted octanol–water partition coefficient (Wildman–Crippen LogP) is 3.53. The number of methoxy groups -OCH3 is 1. The van der Waals surface area contributed by atoms with Gasteiger partial charge in [-0.05, 0) is 52.3 Å². The van der Waals surface area contributed by atoms with E-state index in [0.717, 1.165) is 0 Å². The van der Waals surface area contributed by atoms with E-state index >= 15 is 0 Å². The summed E-state index contributed by atoms with van der Waals surface area (Å²) in [6.45, 7) is 3.65. The highest BCUT2D eigenvalue weighted by Crippen LogP contribution is 2.25. The second-order valence-corrected chi connectivity index (χ2v) is 8.76. The van der Waals surface area contributed by atoms with Crippen molar-refractivity contribution in [3.8, 4) is 5.75 Å². The predicted molar refractivity (Wildman–Crippen MR) is 112 cm³/mol. The van der Waals surface area contributed by atoms with Crippen LogP contribution in [0.5, 0.6) is 5.75 Å². The summed E-state index contributed by atoms with van der Waals surface area (Å²) in [7, 11) is -2.19. The van der Waals surface area contributed by atoms with E-state index in [1.54, 1.807) is 32.0 Å². The third-order valence-corrected chi connectivity index (χ3v) is 6.89. The highest BCUT2D eigenvalue weighted by Gasteiger charge is 2.23. The van der Waals surface area contributed by atoms with Crippen molar-refractivity contribution in [1.29, 1.82) is 0 Å². The number of carbonyl (C=O) groups is 2. The summed E-state index contributed by atoms with van der Waals surface area (Å²) in [5, 5.41) is 0. The Bertz CT molecular complexity index is 1000. The monoisotopic (exact) mass is 483 g/mol. The van der Waals surface area contributed by atoms with Gasteiger partial charge in [-0.2, -0.15) is 4.31 Å². The number of ketones is 1. The first kappa shape index (κ1) is 23.1. The summed E-state index contributed by atoms with van der Waals surface area (Å²) < 4.78 is 37.3. The maximum absolute atomic E-state index is 12.6. The number of carbonyl (C=O) groups excluding carboxylic acids is 2. The second-order valence-electron chi connectivity index (χ2n) is 5.97. The molecule has 0 amide bonds. The van der Waals surface area contributed by atoms with Crippen LogP contribution >= 0.6 is 15.9 Å². The molecule has 0 N–H and O–H groups in total. The van der Waals surface area contributed by atoms with E-state index in [1.807, 2.05) is 0 Å². The lowest BCUT2D eigenvalue weighted by Crippen LogP contribution is -2.30. The molecule has 0 aliphatic heterocycles. The van der Waals surface area contributed by atoms with Gasteiger partial charge in [0, 0.05) is 18.7 Å². The molecule has 156 valence electrons. The van der Waals surface area contributed by atoms with Crippen LogP contribution in [0.4, 0.5) is 0 Å². The molecule has 2 rings (SSSR count). The van der Waals surface area contributed by atoms with Crippen LogP contribution in [0.15, 0.2) is 51.8 Å². The quantitative estimate of drug-likeness (QED) is 0.400. The van der Waals surface area contributed by atoms with E-state index in [4.69, 9.17) is 9.47 Å². The van der Waals surface area contributed by atoms with E-state index in [0.29, 0.717) is 28.9 Å². The van der Waals surface area contributed by atoms with Gasteiger partial charge in [-0.25, -0.2) is 13.2 Å². The number of hydrogen-bond acceptors (Lipinski definition) is 6. The summed E-state index contributed by atoms with van der Waals surface area (Å²) >= 11 is 3.30. The Balaban J connectivity index is 2.12. The molecule has 0 unspecified atom stereocenters. The molecule has 7 nitrogen and oxygen atoms in total. The van der Waals surface area contributed by atoms with Crippen LogP contribution in [0.2, 0.25) is 0 Å². The van der Waals surface area contributed by atoms with Gasteiger partial charge in [0.05, 0.1) is 22.0 Å². The first-order chi connectivity index (χ1) is 13.7. The third kappa shape index (κ3) is 5.43. The molecule has 0 aliphatic carbocycles. The molecule has 0 spiro atoms. The van der Waals surface area contributed by atoms with Crippen molar-refractivity contribution >= 4 is 37.7 Å². The zero-order valence-electron chi connectivity index (χ0n) is 16.3. The molecule has 0 aromatic heterocycles. The molecule has 0 saturated heterocycles. The average Bonchev–Trinajstić information content (AvgIpc) is 2.72. The Morgan fingerprint density at radius 3 is 2.31 bits per heavy atom. The van der Waals surface area contributed by atoms with Crippen LogP contribution in [0.1, 0.15) is 34.6 Å². The smallest absolute Gasteiger partial charge is 0.338 e. The molecule has 0 atom stereocenters. The first-order valence-electron chi connectivity index (χ1n) is 8.88. The standard InChI is InChI=1S/C20H22BrNO6S/c1-4-22(5-2)29(25,26)16-8-6-7-15(11-16)20(24)28-13-18(23)14-9-10-19(27-3)17(21)12-14/h6-12H,4-5,13H2,1-3H3. The maximum Gasteiger partial charge on any atom is 0.338 e. The maximum atomic E-state index is 12.6. The molecule has 0 heterocycles. The second kappa shape index (κ2) is 10.00. The van der Waals surface area contributed by atoms with Crippen molar-refractivity contribution in [2.75, 3.05) is 26.8 Å². The molecule has 29 heavy (non-hydrogen) atoms. The highest BCUT2D eigenvalue weighted by molar-refractivity contribution is 9.10. The lowest BCUT2D eigenvalue weighted by Gasteiger charge is -2.18. The van der Waals surface area contributed by atoms with Crippen molar-refractivity contribution in [2.45, 2.75) is 18.7 Å². The number of hydrogen-bond donors (Lipinski definition) is 0. The van der Waals surface area contributed by atoms with Gasteiger partial charge < -0.3 is 9.47 Å². The number of benzene rings is 2. The molecular weight excluding hydrogens is 462 g/mol. The SMILES string of the molecule is CCN(CC)S(=O)(=O)c1cccc(C(=O)OCC(=O)c2ccc(OC)c(Br)c2)c1. The molecule has 0 bridgehead atoms. The lowest BCUT2D eigenvalue weighted by atomic mass is 10.1. The largest absolute Gasteiger partial charge is 0.496 e. The number of nitrogens with zero attached hydrogens (tertiary/aromatic N) is 1. The summed E-state index contributed by atoms with van der Waals surface area (Å²) in [6, 6.07) is 10.4. The Morgan fingerprint density at radius 2 is 1.72 bits per heavy atom. The van der Waals surface area contributed by atoms with Crippen LogP contribution < -0.4 is 4.74 Å². The Labute approximate surface area is 178 Å². The summed E-state index contributed by atoms with van der Waals surface area (Å²) in [5.74, 6) is -0.596. The van der Waals surface area contributed by atoms with Crippen LogP contribution in [0, 0.1) is 0 Å². The zero-order chi connectivity index (χ0) is 21.6. The van der Waals surface area contributed by atoms with Gasteiger partial charge in [-0.3, -0.25) is 4.79 Å². The minimum Gasteiger partial charge on any atom is -0.496 e. The van der Waals surface area contributed by atoms with Crippen molar-refractivity contribution in [1.82, 2.24) is 4.31 Å². The van der Waals surface area contributed by atoms with E-state index in [2.05, 4.69) is 15.9 Å². The summed E-state index contributed by atoms with van der Waals surface area (Å²) in [4.78, 5) is 24.6. The minimum absolute atomic E-state index is 0.000983. The van der Waals surface area contributed by atoms with Crippen LogP contribution in [0.25, 0.3) is 0 Å². The van der Waals surface area contributed by atoms with E-state index in [1.165, 1.54) is 35.7 Å². The molecule has 0 aliphatic rings. The van der Waals surface area contributed by atoms with Gasteiger partial charge in [0.25, 0.3) is 0 Å². The third-order valence-electron chi connectivity index (χ3n) is 4.22. The molecule has 0 radical (unpaired) electrons. The molecule has 2 aromatic carbocycles. The van der Waals surface area contributed by atoms with Gasteiger partial charge in [-0.1, -0.05) is 19.9 Å². The Morgan fingerprint density at radius 1 is 1.03 bits per heavy atom. The Kier molecular flexibility index (Phi) is 7.95. The van der Waals surface area contributed by atoms with Crippen molar-refractivity contribution in [3.63, 3.8) is 0 Å².